The number of methoxy groups -OCH3 is 4. The van der Waals surface area contributed by atoms with Crippen LogP contribution in [0, 0.1) is 6.92 Å². The van der Waals surface area contributed by atoms with Crippen LogP contribution in [0.15, 0.2) is 30.3 Å². The summed E-state index contributed by atoms with van der Waals surface area (Å²) in [6, 6.07) is 9.69. The third-order valence-corrected chi connectivity index (χ3v) is 3.62. The Hall–Kier alpha value is -2.62. The standard InChI is InChI=1S/C19H22O4/c1-13-18(22-4)10-15(11-19(13)23-5)7-6-14-8-16(20-2)12-17(9-14)21-3/h6-12H,1-5H3/b7-6+. The van der Waals surface area contributed by atoms with Gasteiger partial charge in [0.2, 0.25) is 0 Å². The molecule has 0 heterocycles. The second kappa shape index (κ2) is 7.58. The quantitative estimate of drug-likeness (QED) is 0.749. The monoisotopic (exact) mass is 314 g/mol. The molecule has 0 radical (unpaired) electrons. The number of rotatable bonds is 6. The van der Waals surface area contributed by atoms with E-state index in [1.54, 1.807) is 28.4 Å². The topological polar surface area (TPSA) is 36.9 Å². The van der Waals surface area contributed by atoms with Crippen LogP contribution in [0.2, 0.25) is 0 Å². The highest BCUT2D eigenvalue weighted by Crippen LogP contribution is 2.30. The number of ether oxygens (including phenoxy) is 4. The van der Waals surface area contributed by atoms with Gasteiger partial charge in [0.25, 0.3) is 0 Å². The first-order chi connectivity index (χ1) is 11.1. The summed E-state index contributed by atoms with van der Waals surface area (Å²) in [5.74, 6) is 3.10. The predicted octanol–water partition coefficient (Wildman–Crippen LogP) is 4.20. The molecule has 23 heavy (non-hydrogen) atoms. The van der Waals surface area contributed by atoms with E-state index in [0.29, 0.717) is 0 Å². The van der Waals surface area contributed by atoms with Crippen molar-refractivity contribution in [2.24, 2.45) is 0 Å². The van der Waals surface area contributed by atoms with E-state index in [-0.39, 0.29) is 0 Å². The van der Waals surface area contributed by atoms with Gasteiger partial charge in [-0.2, -0.15) is 0 Å². The molecule has 0 aliphatic carbocycles. The molecule has 2 aromatic carbocycles. The van der Waals surface area contributed by atoms with Crippen molar-refractivity contribution in [3.05, 3.63) is 47.0 Å². The van der Waals surface area contributed by atoms with E-state index < -0.39 is 0 Å². The minimum Gasteiger partial charge on any atom is -0.497 e. The zero-order valence-corrected chi connectivity index (χ0v) is 14.2. The largest absolute Gasteiger partial charge is 0.497 e. The molecule has 0 saturated carbocycles. The van der Waals surface area contributed by atoms with Crippen LogP contribution < -0.4 is 18.9 Å². The molecule has 2 aromatic rings. The first-order valence-electron chi connectivity index (χ1n) is 7.25. The molecule has 0 saturated heterocycles. The maximum absolute atomic E-state index is 5.40. The fraction of sp³-hybridized carbons (Fsp3) is 0.263. The maximum atomic E-state index is 5.40. The Morgan fingerprint density at radius 3 is 1.43 bits per heavy atom. The van der Waals surface area contributed by atoms with Gasteiger partial charge < -0.3 is 18.9 Å². The molecule has 0 unspecified atom stereocenters. The molecule has 122 valence electrons. The summed E-state index contributed by atoms with van der Waals surface area (Å²) >= 11 is 0. The van der Waals surface area contributed by atoms with Gasteiger partial charge in [0, 0.05) is 11.6 Å². The second-order valence-electron chi connectivity index (χ2n) is 5.03. The highest BCUT2D eigenvalue weighted by molar-refractivity contribution is 5.73. The Morgan fingerprint density at radius 2 is 1.04 bits per heavy atom. The summed E-state index contributed by atoms with van der Waals surface area (Å²) in [6.07, 6.45) is 3.99. The minimum absolute atomic E-state index is 0.753. The van der Waals surface area contributed by atoms with Crippen LogP contribution in [0.3, 0.4) is 0 Å². The van der Waals surface area contributed by atoms with E-state index in [2.05, 4.69) is 0 Å². The molecular formula is C19H22O4. The smallest absolute Gasteiger partial charge is 0.126 e. The maximum Gasteiger partial charge on any atom is 0.126 e. The van der Waals surface area contributed by atoms with Crippen molar-refractivity contribution in [1.82, 2.24) is 0 Å². The van der Waals surface area contributed by atoms with Crippen molar-refractivity contribution in [2.75, 3.05) is 28.4 Å². The van der Waals surface area contributed by atoms with Gasteiger partial charge in [0.15, 0.2) is 0 Å². The van der Waals surface area contributed by atoms with Gasteiger partial charge in [-0.3, -0.25) is 0 Å². The van der Waals surface area contributed by atoms with Crippen LogP contribution >= 0.6 is 0 Å². The van der Waals surface area contributed by atoms with Crippen LogP contribution in [0.25, 0.3) is 12.2 Å². The normalized spacial score (nSPS) is 10.7. The summed E-state index contributed by atoms with van der Waals surface area (Å²) in [6.45, 7) is 1.97. The highest BCUT2D eigenvalue weighted by Gasteiger charge is 2.07. The molecule has 0 bridgehead atoms. The molecule has 0 aliphatic rings. The lowest BCUT2D eigenvalue weighted by Gasteiger charge is -2.11. The van der Waals surface area contributed by atoms with Crippen molar-refractivity contribution in [2.45, 2.75) is 6.92 Å². The van der Waals surface area contributed by atoms with E-state index in [9.17, 15) is 0 Å². The number of hydrogen-bond donors (Lipinski definition) is 0. The third kappa shape index (κ3) is 3.97. The van der Waals surface area contributed by atoms with Crippen molar-refractivity contribution < 1.29 is 18.9 Å². The molecule has 0 N–H and O–H groups in total. The van der Waals surface area contributed by atoms with Crippen molar-refractivity contribution in [1.29, 1.82) is 0 Å². The molecule has 0 aromatic heterocycles. The third-order valence-electron chi connectivity index (χ3n) is 3.62. The van der Waals surface area contributed by atoms with Crippen molar-refractivity contribution in [3.8, 4) is 23.0 Å². The average Bonchev–Trinajstić information content (AvgIpc) is 2.60. The Labute approximate surface area is 137 Å². The lowest BCUT2D eigenvalue weighted by molar-refractivity contribution is 0.388. The van der Waals surface area contributed by atoms with Crippen LogP contribution in [0.1, 0.15) is 16.7 Å². The van der Waals surface area contributed by atoms with E-state index >= 15 is 0 Å². The zero-order chi connectivity index (χ0) is 16.8. The Bertz CT molecular complexity index is 657. The molecule has 0 fully saturated rings. The van der Waals surface area contributed by atoms with E-state index in [1.165, 1.54) is 0 Å². The molecule has 0 aliphatic heterocycles. The molecule has 0 spiro atoms. The Morgan fingerprint density at radius 1 is 0.609 bits per heavy atom. The fourth-order valence-electron chi connectivity index (χ4n) is 2.32. The Kier molecular flexibility index (Phi) is 5.52. The predicted molar refractivity (Wildman–Crippen MR) is 92.8 cm³/mol. The molecule has 4 heteroatoms. The first-order valence-corrected chi connectivity index (χ1v) is 7.25. The van der Waals surface area contributed by atoms with Crippen LogP contribution in [-0.4, -0.2) is 28.4 Å². The zero-order valence-electron chi connectivity index (χ0n) is 14.2. The van der Waals surface area contributed by atoms with Gasteiger partial charge in [-0.25, -0.2) is 0 Å². The van der Waals surface area contributed by atoms with Gasteiger partial charge in [-0.1, -0.05) is 12.2 Å². The van der Waals surface area contributed by atoms with Crippen LogP contribution in [0.5, 0.6) is 23.0 Å². The number of benzene rings is 2. The summed E-state index contributed by atoms with van der Waals surface area (Å²) in [7, 11) is 6.58. The first kappa shape index (κ1) is 16.7. The van der Waals surface area contributed by atoms with Gasteiger partial charge in [-0.15, -0.1) is 0 Å². The van der Waals surface area contributed by atoms with Gasteiger partial charge in [0.1, 0.15) is 23.0 Å². The highest BCUT2D eigenvalue weighted by atomic mass is 16.5. The average molecular weight is 314 g/mol. The van der Waals surface area contributed by atoms with Gasteiger partial charge >= 0.3 is 0 Å². The van der Waals surface area contributed by atoms with Gasteiger partial charge in [0.05, 0.1) is 28.4 Å². The minimum atomic E-state index is 0.753. The molecule has 0 amide bonds. The van der Waals surface area contributed by atoms with E-state index in [1.807, 2.05) is 49.4 Å². The summed E-state index contributed by atoms with van der Waals surface area (Å²) in [5, 5.41) is 0. The second-order valence-corrected chi connectivity index (χ2v) is 5.03. The molecular weight excluding hydrogens is 292 g/mol. The SMILES string of the molecule is COc1cc(/C=C/c2cc(OC)c(C)c(OC)c2)cc(OC)c1. The number of hydrogen-bond acceptors (Lipinski definition) is 4. The molecule has 4 nitrogen and oxygen atoms in total. The van der Waals surface area contributed by atoms with E-state index in [0.717, 1.165) is 39.7 Å². The lowest BCUT2D eigenvalue weighted by Crippen LogP contribution is -1.93. The Balaban J connectivity index is 2.36. The van der Waals surface area contributed by atoms with Gasteiger partial charge in [-0.05, 0) is 42.3 Å². The van der Waals surface area contributed by atoms with Crippen molar-refractivity contribution >= 4 is 12.2 Å². The van der Waals surface area contributed by atoms with E-state index in [4.69, 9.17) is 18.9 Å². The summed E-state index contributed by atoms with van der Waals surface area (Å²) < 4.78 is 21.4. The molecule has 0 atom stereocenters. The van der Waals surface area contributed by atoms with Crippen LogP contribution in [-0.2, 0) is 0 Å². The fourth-order valence-corrected chi connectivity index (χ4v) is 2.32. The van der Waals surface area contributed by atoms with Crippen LogP contribution in [0.4, 0.5) is 0 Å². The summed E-state index contributed by atoms with van der Waals surface area (Å²) in [4.78, 5) is 0. The molecule has 2 rings (SSSR count). The lowest BCUT2D eigenvalue weighted by atomic mass is 10.1. The summed E-state index contributed by atoms with van der Waals surface area (Å²) in [5.41, 5.74) is 2.96. The van der Waals surface area contributed by atoms with Crippen molar-refractivity contribution in [3.63, 3.8) is 0 Å².